The van der Waals surface area contributed by atoms with Gasteiger partial charge in [0.2, 0.25) is 0 Å². The molecule has 0 aliphatic carbocycles. The van der Waals surface area contributed by atoms with Crippen LogP contribution in [0.3, 0.4) is 0 Å². The lowest BCUT2D eigenvalue weighted by Gasteiger charge is -2.09. The van der Waals surface area contributed by atoms with Crippen LogP contribution in [0.25, 0.3) is 0 Å². The minimum atomic E-state index is -3.40. The molecule has 0 aliphatic rings. The minimum absolute atomic E-state index is 0.0437. The van der Waals surface area contributed by atoms with E-state index >= 15 is 0 Å². The van der Waals surface area contributed by atoms with Crippen LogP contribution in [0.4, 0.5) is 15.8 Å². The van der Waals surface area contributed by atoms with E-state index in [4.69, 9.17) is 5.73 Å². The Labute approximate surface area is 121 Å². The zero-order valence-corrected chi connectivity index (χ0v) is 11.9. The lowest BCUT2D eigenvalue weighted by molar-refractivity contribution is 0.102. The fraction of sp³-hybridized carbons (Fsp3) is 0.0714. The van der Waals surface area contributed by atoms with Gasteiger partial charge < -0.3 is 11.1 Å². The van der Waals surface area contributed by atoms with Gasteiger partial charge in [0.05, 0.1) is 16.3 Å². The highest BCUT2D eigenvalue weighted by molar-refractivity contribution is 7.90. The highest BCUT2D eigenvalue weighted by Crippen LogP contribution is 2.20. The van der Waals surface area contributed by atoms with Crippen molar-refractivity contribution in [2.75, 3.05) is 17.3 Å². The van der Waals surface area contributed by atoms with Crippen LogP contribution in [0, 0.1) is 5.82 Å². The first-order valence-electron chi connectivity index (χ1n) is 5.94. The van der Waals surface area contributed by atoms with Gasteiger partial charge in [0, 0.05) is 11.8 Å². The van der Waals surface area contributed by atoms with Crippen LogP contribution < -0.4 is 11.1 Å². The molecule has 0 unspecified atom stereocenters. The SMILES string of the molecule is CS(=O)(=O)c1cccc(C(=O)Nc2ccc(F)cc2N)c1. The zero-order chi connectivity index (χ0) is 15.6. The molecule has 21 heavy (non-hydrogen) atoms. The van der Waals surface area contributed by atoms with Crippen molar-refractivity contribution in [2.45, 2.75) is 4.90 Å². The first kappa shape index (κ1) is 15.0. The zero-order valence-electron chi connectivity index (χ0n) is 11.1. The third kappa shape index (κ3) is 3.57. The van der Waals surface area contributed by atoms with Crippen molar-refractivity contribution < 1.29 is 17.6 Å². The van der Waals surface area contributed by atoms with Crippen LogP contribution in [0.15, 0.2) is 47.4 Å². The minimum Gasteiger partial charge on any atom is -0.397 e. The van der Waals surface area contributed by atoms with E-state index in [2.05, 4.69) is 5.32 Å². The van der Waals surface area contributed by atoms with Crippen molar-refractivity contribution >= 4 is 27.1 Å². The predicted molar refractivity (Wildman–Crippen MR) is 78.3 cm³/mol. The van der Waals surface area contributed by atoms with Crippen LogP contribution in [0.1, 0.15) is 10.4 Å². The molecule has 0 saturated carbocycles. The second kappa shape index (κ2) is 5.53. The number of rotatable bonds is 3. The molecular weight excluding hydrogens is 295 g/mol. The van der Waals surface area contributed by atoms with Gasteiger partial charge in [-0.15, -0.1) is 0 Å². The smallest absolute Gasteiger partial charge is 0.255 e. The van der Waals surface area contributed by atoms with Gasteiger partial charge in [-0.2, -0.15) is 0 Å². The van der Waals surface area contributed by atoms with Crippen molar-refractivity contribution in [3.8, 4) is 0 Å². The van der Waals surface area contributed by atoms with Gasteiger partial charge in [-0.05, 0) is 36.4 Å². The van der Waals surface area contributed by atoms with Gasteiger partial charge in [0.1, 0.15) is 5.82 Å². The molecule has 0 saturated heterocycles. The molecule has 110 valence electrons. The van der Waals surface area contributed by atoms with E-state index in [-0.39, 0.29) is 21.8 Å². The first-order valence-corrected chi connectivity index (χ1v) is 7.83. The summed E-state index contributed by atoms with van der Waals surface area (Å²) in [6.45, 7) is 0. The number of benzene rings is 2. The van der Waals surface area contributed by atoms with Gasteiger partial charge >= 0.3 is 0 Å². The Balaban J connectivity index is 2.29. The molecule has 0 radical (unpaired) electrons. The lowest BCUT2D eigenvalue weighted by Crippen LogP contribution is -2.14. The number of anilines is 2. The first-order chi connectivity index (χ1) is 9.77. The molecule has 7 heteroatoms. The van der Waals surface area contributed by atoms with E-state index in [1.54, 1.807) is 0 Å². The van der Waals surface area contributed by atoms with Crippen LogP contribution in [0.5, 0.6) is 0 Å². The Kier molecular flexibility index (Phi) is 3.95. The number of hydrogen-bond acceptors (Lipinski definition) is 4. The van der Waals surface area contributed by atoms with Gasteiger partial charge in [-0.25, -0.2) is 12.8 Å². The normalized spacial score (nSPS) is 11.1. The molecule has 3 N–H and O–H groups in total. The molecular formula is C14H13FN2O3S. The molecule has 5 nitrogen and oxygen atoms in total. The van der Waals surface area contributed by atoms with Crippen LogP contribution >= 0.6 is 0 Å². The average Bonchev–Trinajstić information content (AvgIpc) is 2.41. The monoisotopic (exact) mass is 308 g/mol. The van der Waals surface area contributed by atoms with Gasteiger partial charge in [-0.3, -0.25) is 4.79 Å². The Morgan fingerprint density at radius 1 is 1.19 bits per heavy atom. The maximum Gasteiger partial charge on any atom is 0.255 e. The highest BCUT2D eigenvalue weighted by atomic mass is 32.2. The quantitative estimate of drug-likeness (QED) is 0.849. The average molecular weight is 308 g/mol. The second-order valence-corrected chi connectivity index (χ2v) is 6.50. The Morgan fingerprint density at radius 3 is 2.52 bits per heavy atom. The molecule has 0 aliphatic heterocycles. The van der Waals surface area contributed by atoms with Crippen LogP contribution in [-0.2, 0) is 9.84 Å². The van der Waals surface area contributed by atoms with E-state index in [0.717, 1.165) is 12.3 Å². The van der Waals surface area contributed by atoms with E-state index in [1.165, 1.54) is 36.4 Å². The van der Waals surface area contributed by atoms with Crippen molar-refractivity contribution in [3.63, 3.8) is 0 Å². The van der Waals surface area contributed by atoms with Crippen LogP contribution in [-0.4, -0.2) is 20.6 Å². The number of carbonyl (C=O) groups is 1. The molecule has 0 fully saturated rings. The summed E-state index contributed by atoms with van der Waals surface area (Å²) in [5, 5.41) is 2.51. The molecule has 0 atom stereocenters. The summed E-state index contributed by atoms with van der Waals surface area (Å²) >= 11 is 0. The summed E-state index contributed by atoms with van der Waals surface area (Å²) in [7, 11) is -3.40. The van der Waals surface area contributed by atoms with Crippen LogP contribution in [0.2, 0.25) is 0 Å². The largest absolute Gasteiger partial charge is 0.397 e. The van der Waals surface area contributed by atoms with Gasteiger partial charge in [-0.1, -0.05) is 6.07 Å². The summed E-state index contributed by atoms with van der Waals surface area (Å²) in [6, 6.07) is 9.20. The lowest BCUT2D eigenvalue weighted by atomic mass is 10.2. The third-order valence-electron chi connectivity index (χ3n) is 2.79. The van der Waals surface area contributed by atoms with E-state index in [9.17, 15) is 17.6 Å². The molecule has 0 aromatic heterocycles. The number of nitrogens with two attached hydrogens (primary N) is 1. The van der Waals surface area contributed by atoms with Gasteiger partial charge in [0.25, 0.3) is 5.91 Å². The number of sulfone groups is 1. The van der Waals surface area contributed by atoms with E-state index < -0.39 is 21.6 Å². The molecule has 0 bridgehead atoms. The Morgan fingerprint density at radius 2 is 1.90 bits per heavy atom. The highest BCUT2D eigenvalue weighted by Gasteiger charge is 2.12. The summed E-state index contributed by atoms with van der Waals surface area (Å²) in [5.41, 5.74) is 6.11. The number of nitrogens with one attached hydrogen (secondary N) is 1. The maximum absolute atomic E-state index is 12.9. The van der Waals surface area contributed by atoms with Crippen molar-refractivity contribution in [1.29, 1.82) is 0 Å². The summed E-state index contributed by atoms with van der Waals surface area (Å²) in [4.78, 5) is 12.1. The molecule has 2 aromatic rings. The summed E-state index contributed by atoms with van der Waals surface area (Å²) in [5.74, 6) is -1.04. The third-order valence-corrected chi connectivity index (χ3v) is 3.90. The Hall–Kier alpha value is -2.41. The number of hydrogen-bond donors (Lipinski definition) is 2. The molecule has 0 spiro atoms. The van der Waals surface area contributed by atoms with Gasteiger partial charge in [0.15, 0.2) is 9.84 Å². The molecule has 1 amide bonds. The fourth-order valence-electron chi connectivity index (χ4n) is 1.71. The summed E-state index contributed by atoms with van der Waals surface area (Å²) < 4.78 is 35.9. The molecule has 0 heterocycles. The number of halogens is 1. The maximum atomic E-state index is 12.9. The topological polar surface area (TPSA) is 89.3 Å². The molecule has 2 rings (SSSR count). The predicted octanol–water partition coefficient (Wildman–Crippen LogP) is 2.06. The number of carbonyl (C=O) groups excluding carboxylic acids is 1. The van der Waals surface area contributed by atoms with Crippen molar-refractivity contribution in [2.24, 2.45) is 0 Å². The van der Waals surface area contributed by atoms with E-state index in [0.29, 0.717) is 0 Å². The number of amides is 1. The summed E-state index contributed by atoms with van der Waals surface area (Å²) in [6.07, 6.45) is 1.06. The fourth-order valence-corrected chi connectivity index (χ4v) is 2.38. The molecule has 2 aromatic carbocycles. The van der Waals surface area contributed by atoms with Crippen molar-refractivity contribution in [1.82, 2.24) is 0 Å². The van der Waals surface area contributed by atoms with E-state index in [1.807, 2.05) is 0 Å². The standard InChI is InChI=1S/C14H13FN2O3S/c1-21(19,20)11-4-2-3-9(7-11)14(18)17-13-6-5-10(15)8-12(13)16/h2-8H,16H2,1H3,(H,17,18). The van der Waals surface area contributed by atoms with Crippen molar-refractivity contribution in [3.05, 3.63) is 53.8 Å². The Bertz CT molecular complexity index is 804. The number of nitrogen functional groups attached to an aromatic ring is 1. The second-order valence-electron chi connectivity index (χ2n) is 4.49.